The van der Waals surface area contributed by atoms with Crippen LogP contribution in [0, 0.1) is 0 Å². The summed E-state index contributed by atoms with van der Waals surface area (Å²) in [5.74, 6) is -0.478. The van der Waals surface area contributed by atoms with Crippen LogP contribution < -0.4 is 14.4 Å². The third kappa shape index (κ3) is 4.24. The van der Waals surface area contributed by atoms with Crippen LogP contribution in [0.4, 0.5) is 5.13 Å². The van der Waals surface area contributed by atoms with Crippen LogP contribution in [0.2, 0.25) is 0 Å². The number of amides is 1. The van der Waals surface area contributed by atoms with Gasteiger partial charge >= 0.3 is 5.91 Å². The number of carbonyl (C=O) groups excluding carboxylic acids is 2. The molecule has 0 aliphatic carbocycles. The van der Waals surface area contributed by atoms with E-state index in [1.54, 1.807) is 56.7 Å². The van der Waals surface area contributed by atoms with Gasteiger partial charge in [0.1, 0.15) is 23.0 Å². The third-order valence-electron chi connectivity index (χ3n) is 6.57. The van der Waals surface area contributed by atoms with Crippen molar-refractivity contribution < 1.29 is 29.3 Å². The molecule has 1 aromatic heterocycles. The maximum atomic E-state index is 13.5. The van der Waals surface area contributed by atoms with E-state index < -0.39 is 17.7 Å². The molecule has 1 saturated heterocycles. The fraction of sp³-hybridized carbons (Fsp3) is 0.207. The lowest BCUT2D eigenvalue weighted by Crippen LogP contribution is -2.29. The van der Waals surface area contributed by atoms with Gasteiger partial charge in [-0.05, 0) is 65.6 Å². The maximum Gasteiger partial charge on any atom is 0.301 e. The summed E-state index contributed by atoms with van der Waals surface area (Å²) in [6.45, 7) is 4.00. The molecule has 9 heteroatoms. The molecule has 1 unspecified atom stereocenters. The monoisotopic (exact) mass is 530 g/mol. The van der Waals surface area contributed by atoms with Gasteiger partial charge in [0.05, 0.1) is 36.1 Å². The largest absolute Gasteiger partial charge is 0.508 e. The Hall–Kier alpha value is -4.37. The van der Waals surface area contributed by atoms with Crippen molar-refractivity contribution in [2.45, 2.75) is 25.8 Å². The van der Waals surface area contributed by atoms with E-state index in [9.17, 15) is 19.8 Å². The highest BCUT2D eigenvalue weighted by molar-refractivity contribution is 7.22. The van der Waals surface area contributed by atoms with Crippen molar-refractivity contribution in [2.75, 3.05) is 19.1 Å². The smallest absolute Gasteiger partial charge is 0.301 e. The molecule has 0 radical (unpaired) electrons. The normalized spacial score (nSPS) is 17.0. The molecular formula is C29H26N2O6S. The van der Waals surface area contributed by atoms with Gasteiger partial charge in [-0.2, -0.15) is 0 Å². The van der Waals surface area contributed by atoms with Crippen LogP contribution in [0.3, 0.4) is 0 Å². The van der Waals surface area contributed by atoms with Gasteiger partial charge in [-0.25, -0.2) is 4.98 Å². The Morgan fingerprint density at radius 2 is 1.74 bits per heavy atom. The van der Waals surface area contributed by atoms with Crippen molar-refractivity contribution >= 4 is 44.1 Å². The molecule has 4 aromatic rings. The number of ketones is 1. The number of hydrogen-bond donors (Lipinski definition) is 2. The van der Waals surface area contributed by atoms with E-state index in [1.807, 2.05) is 19.9 Å². The van der Waals surface area contributed by atoms with E-state index in [0.717, 1.165) is 10.3 Å². The fourth-order valence-electron chi connectivity index (χ4n) is 4.61. The van der Waals surface area contributed by atoms with Gasteiger partial charge in [0.15, 0.2) is 5.13 Å². The molecule has 1 atom stereocenters. The number of fused-ring (bicyclic) bond motifs is 1. The molecule has 5 rings (SSSR count). The number of hydrogen-bond acceptors (Lipinski definition) is 8. The quantitative estimate of drug-likeness (QED) is 0.185. The predicted octanol–water partition coefficient (Wildman–Crippen LogP) is 5.77. The number of aromatic nitrogens is 1. The number of phenolic OH excluding ortho intramolecular Hbond substituents is 1. The number of thiazole rings is 1. The minimum absolute atomic E-state index is 0.0366. The minimum atomic E-state index is -0.956. The standard InChI is InChI=1S/C29H26N2O6S/c1-15(2)20-13-17(7-12-22(20)37-4)26(33)24-25(16-5-8-18(32)9-6-16)31(28(35)27(24)34)29-30-21-11-10-19(36-3)14-23(21)38-29/h5-15,25,32-33H,1-4H3/b26-24+. The molecule has 2 heterocycles. The van der Waals surface area contributed by atoms with Gasteiger partial charge in [0, 0.05) is 5.56 Å². The van der Waals surface area contributed by atoms with E-state index in [1.165, 1.54) is 28.4 Å². The number of anilines is 1. The summed E-state index contributed by atoms with van der Waals surface area (Å²) in [6, 6.07) is 15.8. The number of aromatic hydroxyl groups is 1. The Morgan fingerprint density at radius 1 is 1.00 bits per heavy atom. The van der Waals surface area contributed by atoms with Crippen molar-refractivity contribution in [3.8, 4) is 17.2 Å². The number of carbonyl (C=O) groups is 2. The molecule has 38 heavy (non-hydrogen) atoms. The molecule has 0 bridgehead atoms. The summed E-state index contributed by atoms with van der Waals surface area (Å²) in [6.07, 6.45) is 0. The van der Waals surface area contributed by atoms with Gasteiger partial charge < -0.3 is 19.7 Å². The number of phenols is 1. The first-order valence-corrected chi connectivity index (χ1v) is 12.8. The highest BCUT2D eigenvalue weighted by atomic mass is 32.1. The van der Waals surface area contributed by atoms with Gasteiger partial charge in [-0.3, -0.25) is 14.5 Å². The van der Waals surface area contributed by atoms with Gasteiger partial charge in [0.25, 0.3) is 5.78 Å². The first kappa shape index (κ1) is 25.3. The van der Waals surface area contributed by atoms with Crippen LogP contribution in [-0.2, 0) is 9.59 Å². The van der Waals surface area contributed by atoms with Crippen LogP contribution in [0.15, 0.2) is 66.2 Å². The summed E-state index contributed by atoms with van der Waals surface area (Å²) >= 11 is 1.24. The first-order valence-electron chi connectivity index (χ1n) is 12.0. The van der Waals surface area contributed by atoms with E-state index in [2.05, 4.69) is 4.98 Å². The van der Waals surface area contributed by atoms with Crippen molar-refractivity contribution in [3.05, 3.63) is 82.9 Å². The average Bonchev–Trinajstić information content (AvgIpc) is 3.45. The number of rotatable bonds is 6. The molecule has 194 valence electrons. The van der Waals surface area contributed by atoms with Crippen molar-refractivity contribution in [2.24, 2.45) is 0 Å². The topological polar surface area (TPSA) is 109 Å². The minimum Gasteiger partial charge on any atom is -0.508 e. The molecule has 2 N–H and O–H groups in total. The summed E-state index contributed by atoms with van der Waals surface area (Å²) in [5, 5.41) is 21.7. The lowest BCUT2D eigenvalue weighted by Gasteiger charge is -2.23. The number of aliphatic hydroxyl groups excluding tert-OH is 1. The van der Waals surface area contributed by atoms with E-state index in [4.69, 9.17) is 9.47 Å². The van der Waals surface area contributed by atoms with Crippen molar-refractivity contribution in [3.63, 3.8) is 0 Å². The number of benzene rings is 3. The molecule has 1 aliphatic heterocycles. The molecule has 3 aromatic carbocycles. The van der Waals surface area contributed by atoms with Gasteiger partial charge in [-0.1, -0.05) is 37.3 Å². The molecule has 1 aliphatic rings. The zero-order valence-electron chi connectivity index (χ0n) is 21.3. The number of ether oxygens (including phenoxy) is 2. The van der Waals surface area contributed by atoms with Crippen LogP contribution in [-0.4, -0.2) is 41.1 Å². The lowest BCUT2D eigenvalue weighted by molar-refractivity contribution is -0.132. The second-order valence-corrected chi connectivity index (χ2v) is 10.2. The zero-order chi connectivity index (χ0) is 27.1. The fourth-order valence-corrected chi connectivity index (χ4v) is 5.63. The van der Waals surface area contributed by atoms with E-state index >= 15 is 0 Å². The average molecular weight is 531 g/mol. The molecule has 8 nitrogen and oxygen atoms in total. The highest BCUT2D eigenvalue weighted by Crippen LogP contribution is 2.45. The van der Waals surface area contributed by atoms with Crippen LogP contribution >= 0.6 is 11.3 Å². The van der Waals surface area contributed by atoms with Gasteiger partial charge in [0.2, 0.25) is 0 Å². The van der Waals surface area contributed by atoms with Crippen LogP contribution in [0.1, 0.15) is 42.5 Å². The summed E-state index contributed by atoms with van der Waals surface area (Å²) in [7, 11) is 3.14. The van der Waals surface area contributed by atoms with Gasteiger partial charge in [-0.15, -0.1) is 0 Å². The van der Waals surface area contributed by atoms with Crippen LogP contribution in [0.25, 0.3) is 16.0 Å². The van der Waals surface area contributed by atoms with E-state index in [-0.39, 0.29) is 23.0 Å². The Kier molecular flexibility index (Phi) is 6.54. The zero-order valence-corrected chi connectivity index (χ0v) is 22.1. The third-order valence-corrected chi connectivity index (χ3v) is 7.59. The molecule has 1 fully saturated rings. The van der Waals surface area contributed by atoms with Crippen molar-refractivity contribution in [1.82, 2.24) is 4.98 Å². The Labute approximate surface area is 223 Å². The SMILES string of the molecule is COc1ccc2nc(N3C(=O)C(=O)/C(=C(/O)c4ccc(OC)c(C(C)C)c4)C3c3ccc(O)cc3)sc2c1. The predicted molar refractivity (Wildman–Crippen MR) is 146 cm³/mol. The second kappa shape index (κ2) is 9.83. The number of methoxy groups -OCH3 is 2. The summed E-state index contributed by atoms with van der Waals surface area (Å²) in [4.78, 5) is 32.9. The van der Waals surface area contributed by atoms with Crippen molar-refractivity contribution in [1.29, 1.82) is 0 Å². The molecular weight excluding hydrogens is 504 g/mol. The maximum absolute atomic E-state index is 13.5. The van der Waals surface area contributed by atoms with E-state index in [0.29, 0.717) is 33.3 Å². The second-order valence-electron chi connectivity index (χ2n) is 9.20. The molecule has 0 saturated carbocycles. The molecule has 1 amide bonds. The number of nitrogens with zero attached hydrogens (tertiary/aromatic N) is 2. The Bertz CT molecular complexity index is 1590. The first-order chi connectivity index (χ1) is 18.2. The highest BCUT2D eigenvalue weighted by Gasteiger charge is 2.48. The Balaban J connectivity index is 1.71. The molecule has 0 spiro atoms. The van der Waals surface area contributed by atoms with Crippen LogP contribution in [0.5, 0.6) is 17.2 Å². The summed E-state index contributed by atoms with van der Waals surface area (Å²) < 4.78 is 11.5. The number of Topliss-reactive ketones (excluding diaryl/α,β-unsaturated/α-hetero) is 1. The Morgan fingerprint density at radius 3 is 2.39 bits per heavy atom. The summed E-state index contributed by atoms with van der Waals surface area (Å²) in [5.41, 5.74) is 2.38. The number of aliphatic hydroxyl groups is 1. The lowest BCUT2D eigenvalue weighted by atomic mass is 9.93.